The largest absolute Gasteiger partial charge is 0.464 e. The van der Waals surface area contributed by atoms with Crippen molar-refractivity contribution in [2.45, 2.75) is 13.1 Å². The number of H-pyrrole nitrogens is 1. The number of pyridine rings is 1. The number of halogens is 3. The minimum atomic E-state index is -4.42. The van der Waals surface area contributed by atoms with Crippen LogP contribution in [0.25, 0.3) is 11.4 Å². The van der Waals surface area contributed by atoms with Crippen LogP contribution in [0.5, 0.6) is 0 Å². The molecule has 0 aliphatic heterocycles. The molecule has 0 saturated carbocycles. The number of alkyl halides is 3. The van der Waals surface area contributed by atoms with Crippen molar-refractivity contribution >= 4 is 5.97 Å². The average molecular weight is 284 g/mol. The third-order valence-electron chi connectivity index (χ3n) is 2.77. The van der Waals surface area contributed by atoms with Gasteiger partial charge in [-0.15, -0.1) is 0 Å². The summed E-state index contributed by atoms with van der Waals surface area (Å²) in [4.78, 5) is 18.0. The summed E-state index contributed by atoms with van der Waals surface area (Å²) in [5, 5.41) is 0. The number of carbonyl (C=O) groups excluding carboxylic acids is 1. The van der Waals surface area contributed by atoms with Gasteiger partial charge in [0.1, 0.15) is 5.69 Å². The van der Waals surface area contributed by atoms with Crippen LogP contribution in [0, 0.1) is 6.92 Å². The van der Waals surface area contributed by atoms with E-state index >= 15 is 0 Å². The molecule has 4 nitrogen and oxygen atoms in total. The molecule has 0 radical (unpaired) electrons. The second-order valence-corrected chi connectivity index (χ2v) is 4.16. The summed E-state index contributed by atoms with van der Waals surface area (Å²) < 4.78 is 41.9. The van der Waals surface area contributed by atoms with E-state index in [0.717, 1.165) is 12.3 Å². The van der Waals surface area contributed by atoms with Gasteiger partial charge in [-0.25, -0.2) is 4.79 Å². The zero-order chi connectivity index (χ0) is 14.9. The fourth-order valence-corrected chi connectivity index (χ4v) is 1.73. The van der Waals surface area contributed by atoms with Crippen LogP contribution in [0.3, 0.4) is 0 Å². The van der Waals surface area contributed by atoms with Gasteiger partial charge in [-0.1, -0.05) is 0 Å². The highest BCUT2D eigenvalue weighted by atomic mass is 19.4. The molecular weight excluding hydrogens is 273 g/mol. The minimum absolute atomic E-state index is 0.254. The van der Waals surface area contributed by atoms with Gasteiger partial charge < -0.3 is 9.72 Å². The van der Waals surface area contributed by atoms with E-state index in [4.69, 9.17) is 0 Å². The summed E-state index contributed by atoms with van der Waals surface area (Å²) in [7, 11) is 1.25. The van der Waals surface area contributed by atoms with Gasteiger partial charge in [0.15, 0.2) is 0 Å². The number of rotatable bonds is 2. The number of methoxy groups -OCH3 is 1. The van der Waals surface area contributed by atoms with Crippen LogP contribution in [-0.2, 0) is 10.9 Å². The monoisotopic (exact) mass is 284 g/mol. The van der Waals surface area contributed by atoms with Crippen LogP contribution >= 0.6 is 0 Å². The Bertz CT molecular complexity index is 630. The highest BCUT2D eigenvalue weighted by molar-refractivity contribution is 5.90. The molecule has 0 saturated heterocycles. The van der Waals surface area contributed by atoms with Gasteiger partial charge in [0, 0.05) is 6.20 Å². The molecule has 1 N–H and O–H groups in total. The molecule has 2 aromatic heterocycles. The lowest BCUT2D eigenvalue weighted by Crippen LogP contribution is -2.05. The third kappa shape index (κ3) is 2.66. The summed E-state index contributed by atoms with van der Waals surface area (Å²) in [6.07, 6.45) is -3.67. The van der Waals surface area contributed by atoms with Gasteiger partial charge >= 0.3 is 12.1 Å². The van der Waals surface area contributed by atoms with Crippen LogP contribution < -0.4 is 0 Å². The van der Waals surface area contributed by atoms with Crippen molar-refractivity contribution in [2.24, 2.45) is 0 Å². The first-order valence-corrected chi connectivity index (χ1v) is 5.64. The number of aromatic nitrogens is 2. The van der Waals surface area contributed by atoms with Gasteiger partial charge in [-0.05, 0) is 30.7 Å². The molecule has 7 heteroatoms. The van der Waals surface area contributed by atoms with Crippen molar-refractivity contribution in [3.8, 4) is 11.4 Å². The van der Waals surface area contributed by atoms with Crippen LogP contribution in [0.4, 0.5) is 13.2 Å². The first-order valence-electron chi connectivity index (χ1n) is 5.64. The van der Waals surface area contributed by atoms with E-state index in [1.54, 1.807) is 13.0 Å². The Labute approximate surface area is 112 Å². The quantitative estimate of drug-likeness (QED) is 0.862. The second kappa shape index (κ2) is 4.99. The van der Waals surface area contributed by atoms with Gasteiger partial charge in [-0.3, -0.25) is 4.98 Å². The zero-order valence-electron chi connectivity index (χ0n) is 10.7. The molecular formula is C13H11F3N2O2. The molecule has 0 aliphatic carbocycles. The molecule has 0 bridgehead atoms. The highest BCUT2D eigenvalue weighted by Crippen LogP contribution is 2.29. The molecule has 0 fully saturated rings. The van der Waals surface area contributed by atoms with E-state index in [2.05, 4.69) is 14.7 Å². The van der Waals surface area contributed by atoms with Crippen molar-refractivity contribution in [1.82, 2.24) is 9.97 Å². The summed E-state index contributed by atoms with van der Waals surface area (Å²) in [5.41, 5.74) is 0.836. The van der Waals surface area contributed by atoms with Crippen LogP contribution in [0.1, 0.15) is 21.6 Å². The van der Waals surface area contributed by atoms with Gasteiger partial charge in [0.2, 0.25) is 0 Å². The van der Waals surface area contributed by atoms with Crippen molar-refractivity contribution in [2.75, 3.05) is 7.11 Å². The van der Waals surface area contributed by atoms with E-state index in [-0.39, 0.29) is 5.69 Å². The number of hydrogen-bond donors (Lipinski definition) is 1. The van der Waals surface area contributed by atoms with E-state index in [1.165, 1.54) is 13.2 Å². The predicted octanol–water partition coefficient (Wildman–Crippen LogP) is 3.19. The maximum atomic E-state index is 12.4. The highest BCUT2D eigenvalue weighted by Gasteiger charge is 2.30. The predicted molar refractivity (Wildman–Crippen MR) is 65.1 cm³/mol. The standard InChI is InChI=1S/C13H11F3N2O2/c1-7-5-10(18-11(7)12(19)20-2)9-4-3-8(6-17-9)13(14,15)16/h3-6,18H,1-2H3. The van der Waals surface area contributed by atoms with Crippen molar-refractivity contribution in [3.63, 3.8) is 0 Å². The molecule has 106 valence electrons. The number of esters is 1. The molecule has 0 aromatic carbocycles. The molecule has 0 spiro atoms. The Morgan fingerprint density at radius 3 is 2.55 bits per heavy atom. The average Bonchev–Trinajstić information content (AvgIpc) is 2.79. The first kappa shape index (κ1) is 14.1. The Kier molecular flexibility index (Phi) is 3.52. The van der Waals surface area contributed by atoms with Crippen LogP contribution in [-0.4, -0.2) is 23.0 Å². The van der Waals surface area contributed by atoms with Gasteiger partial charge in [-0.2, -0.15) is 13.2 Å². The van der Waals surface area contributed by atoms with Gasteiger partial charge in [0.05, 0.1) is 24.1 Å². The lowest BCUT2D eigenvalue weighted by molar-refractivity contribution is -0.137. The first-order chi connectivity index (χ1) is 9.32. The van der Waals surface area contributed by atoms with Crippen molar-refractivity contribution < 1.29 is 22.7 Å². The van der Waals surface area contributed by atoms with Crippen molar-refractivity contribution in [3.05, 3.63) is 41.2 Å². The summed E-state index contributed by atoms with van der Waals surface area (Å²) in [6.45, 7) is 1.69. The summed E-state index contributed by atoms with van der Waals surface area (Å²) >= 11 is 0. The summed E-state index contributed by atoms with van der Waals surface area (Å²) in [5.74, 6) is -0.541. The summed E-state index contributed by atoms with van der Waals surface area (Å²) in [6, 6.07) is 3.81. The molecule has 0 amide bonds. The Morgan fingerprint density at radius 1 is 1.35 bits per heavy atom. The Morgan fingerprint density at radius 2 is 2.05 bits per heavy atom. The van der Waals surface area contributed by atoms with Crippen molar-refractivity contribution in [1.29, 1.82) is 0 Å². The SMILES string of the molecule is COC(=O)c1[nH]c(-c2ccc(C(F)(F)F)cn2)cc1C. The number of ether oxygens (including phenoxy) is 1. The lowest BCUT2D eigenvalue weighted by atomic mass is 10.2. The van der Waals surface area contributed by atoms with E-state index in [0.29, 0.717) is 17.0 Å². The minimum Gasteiger partial charge on any atom is -0.464 e. The molecule has 0 aliphatic rings. The fourth-order valence-electron chi connectivity index (χ4n) is 1.73. The van der Waals surface area contributed by atoms with E-state index in [9.17, 15) is 18.0 Å². The Balaban J connectivity index is 2.35. The lowest BCUT2D eigenvalue weighted by Gasteiger charge is -2.06. The molecule has 0 unspecified atom stereocenters. The smallest absolute Gasteiger partial charge is 0.417 e. The zero-order valence-corrected chi connectivity index (χ0v) is 10.7. The van der Waals surface area contributed by atoms with E-state index in [1.807, 2.05) is 0 Å². The Hall–Kier alpha value is -2.31. The number of hydrogen-bond acceptors (Lipinski definition) is 3. The number of nitrogens with one attached hydrogen (secondary N) is 1. The van der Waals surface area contributed by atoms with Crippen LogP contribution in [0.2, 0.25) is 0 Å². The normalized spacial score (nSPS) is 11.4. The maximum absolute atomic E-state index is 12.4. The fraction of sp³-hybridized carbons (Fsp3) is 0.231. The number of nitrogens with zero attached hydrogens (tertiary/aromatic N) is 1. The van der Waals surface area contributed by atoms with E-state index < -0.39 is 17.7 Å². The second-order valence-electron chi connectivity index (χ2n) is 4.16. The molecule has 20 heavy (non-hydrogen) atoms. The number of aryl methyl sites for hydroxylation is 1. The number of carbonyl (C=O) groups is 1. The molecule has 0 atom stereocenters. The maximum Gasteiger partial charge on any atom is 0.417 e. The molecule has 2 heterocycles. The van der Waals surface area contributed by atoms with Gasteiger partial charge in [0.25, 0.3) is 0 Å². The topological polar surface area (TPSA) is 55.0 Å². The molecule has 2 aromatic rings. The third-order valence-corrected chi connectivity index (χ3v) is 2.77. The number of aromatic amines is 1. The molecule has 2 rings (SSSR count). The van der Waals surface area contributed by atoms with Crippen LogP contribution in [0.15, 0.2) is 24.4 Å².